The summed E-state index contributed by atoms with van der Waals surface area (Å²) in [5.74, 6) is 2.67. The quantitative estimate of drug-likeness (QED) is 0.895. The first-order chi connectivity index (χ1) is 8.16. The number of hydrogen-bond acceptors (Lipinski definition) is 2. The van der Waals surface area contributed by atoms with Crippen molar-refractivity contribution in [2.45, 2.75) is 39.5 Å². The molecule has 0 amide bonds. The van der Waals surface area contributed by atoms with Gasteiger partial charge in [-0.2, -0.15) is 0 Å². The van der Waals surface area contributed by atoms with Crippen LogP contribution in [0.25, 0.3) is 0 Å². The lowest BCUT2D eigenvalue weighted by molar-refractivity contribution is 0.268. The maximum absolute atomic E-state index is 4.52. The number of nitrogens with one attached hydrogen (secondary N) is 1. The third-order valence-corrected chi connectivity index (χ3v) is 4.69. The van der Waals surface area contributed by atoms with Gasteiger partial charge in [0.15, 0.2) is 0 Å². The molecule has 1 saturated carbocycles. The van der Waals surface area contributed by atoms with Crippen molar-refractivity contribution in [3.05, 3.63) is 22.3 Å². The molecule has 3 heteroatoms. The van der Waals surface area contributed by atoms with E-state index in [9.17, 15) is 0 Å². The first-order valence-electron chi connectivity index (χ1n) is 6.54. The van der Waals surface area contributed by atoms with Gasteiger partial charge in [0.1, 0.15) is 5.82 Å². The molecule has 1 N–H and O–H groups in total. The lowest BCUT2D eigenvalue weighted by Gasteiger charge is -2.29. The number of rotatable bonds is 3. The summed E-state index contributed by atoms with van der Waals surface area (Å²) < 4.78 is 1.08. The minimum Gasteiger partial charge on any atom is -0.370 e. The summed E-state index contributed by atoms with van der Waals surface area (Å²) in [6.45, 7) is 5.47. The highest BCUT2D eigenvalue weighted by Crippen LogP contribution is 2.29. The molecule has 1 aliphatic carbocycles. The van der Waals surface area contributed by atoms with Gasteiger partial charge in [0.2, 0.25) is 0 Å². The summed E-state index contributed by atoms with van der Waals surface area (Å²) in [5.41, 5.74) is 1.05. The Balaban J connectivity index is 1.90. The van der Waals surface area contributed by atoms with Crippen LogP contribution in [0.2, 0.25) is 0 Å². The van der Waals surface area contributed by atoms with Crippen LogP contribution in [0, 0.1) is 18.8 Å². The maximum atomic E-state index is 4.52. The third kappa shape index (κ3) is 3.44. The molecule has 0 aliphatic heterocycles. The van der Waals surface area contributed by atoms with Crippen molar-refractivity contribution in [3.8, 4) is 0 Å². The second-order valence-electron chi connectivity index (χ2n) is 5.17. The van der Waals surface area contributed by atoms with Crippen LogP contribution in [0.15, 0.2) is 16.6 Å². The SMILES string of the molecule is Cc1nc(NCC2CCCCC2C)ccc1Br. The Bertz CT molecular complexity index is 378. The normalized spacial score (nSPS) is 24.6. The van der Waals surface area contributed by atoms with Gasteiger partial charge >= 0.3 is 0 Å². The van der Waals surface area contributed by atoms with Crippen molar-refractivity contribution in [3.63, 3.8) is 0 Å². The molecule has 0 bridgehead atoms. The molecule has 17 heavy (non-hydrogen) atoms. The van der Waals surface area contributed by atoms with Crippen molar-refractivity contribution in [1.82, 2.24) is 4.98 Å². The molecular formula is C14H21BrN2. The molecule has 2 unspecified atom stereocenters. The Labute approximate surface area is 112 Å². The summed E-state index contributed by atoms with van der Waals surface area (Å²) >= 11 is 3.48. The van der Waals surface area contributed by atoms with Crippen LogP contribution in [0.4, 0.5) is 5.82 Å². The van der Waals surface area contributed by atoms with E-state index >= 15 is 0 Å². The van der Waals surface area contributed by atoms with E-state index in [1.165, 1.54) is 25.7 Å². The number of pyridine rings is 1. The average Bonchev–Trinajstić information content (AvgIpc) is 2.32. The van der Waals surface area contributed by atoms with Gasteiger partial charge < -0.3 is 5.32 Å². The molecule has 1 aromatic rings. The van der Waals surface area contributed by atoms with Crippen LogP contribution >= 0.6 is 15.9 Å². The first-order valence-corrected chi connectivity index (χ1v) is 7.33. The highest BCUT2D eigenvalue weighted by Gasteiger charge is 2.20. The van der Waals surface area contributed by atoms with Crippen LogP contribution in [-0.2, 0) is 0 Å². The van der Waals surface area contributed by atoms with Gasteiger partial charge in [0.05, 0.1) is 5.69 Å². The van der Waals surface area contributed by atoms with E-state index in [4.69, 9.17) is 0 Å². The zero-order valence-corrected chi connectivity index (χ0v) is 12.3. The van der Waals surface area contributed by atoms with Crippen LogP contribution in [-0.4, -0.2) is 11.5 Å². The number of anilines is 1. The number of hydrogen-bond donors (Lipinski definition) is 1. The van der Waals surface area contributed by atoms with E-state index in [-0.39, 0.29) is 0 Å². The molecular weight excluding hydrogens is 276 g/mol. The lowest BCUT2D eigenvalue weighted by atomic mass is 9.80. The Morgan fingerprint density at radius 2 is 2.12 bits per heavy atom. The van der Waals surface area contributed by atoms with E-state index in [0.717, 1.165) is 34.4 Å². The van der Waals surface area contributed by atoms with E-state index < -0.39 is 0 Å². The van der Waals surface area contributed by atoms with Crippen LogP contribution in [0.1, 0.15) is 38.3 Å². The first kappa shape index (κ1) is 12.9. The maximum Gasteiger partial charge on any atom is 0.126 e. The van der Waals surface area contributed by atoms with Crippen LogP contribution < -0.4 is 5.32 Å². The molecule has 0 spiro atoms. The number of nitrogens with zero attached hydrogens (tertiary/aromatic N) is 1. The van der Waals surface area contributed by atoms with Crippen molar-refractivity contribution in [1.29, 1.82) is 0 Å². The smallest absolute Gasteiger partial charge is 0.126 e. The fourth-order valence-corrected chi connectivity index (χ4v) is 2.80. The van der Waals surface area contributed by atoms with Crippen LogP contribution in [0.5, 0.6) is 0 Å². The fraction of sp³-hybridized carbons (Fsp3) is 0.643. The lowest BCUT2D eigenvalue weighted by Crippen LogP contribution is -2.24. The molecule has 1 fully saturated rings. The Hall–Kier alpha value is -0.570. The van der Waals surface area contributed by atoms with Crippen molar-refractivity contribution >= 4 is 21.7 Å². The predicted molar refractivity (Wildman–Crippen MR) is 76.3 cm³/mol. The largest absolute Gasteiger partial charge is 0.370 e. The second kappa shape index (κ2) is 5.85. The van der Waals surface area contributed by atoms with E-state index in [1.807, 2.05) is 13.0 Å². The zero-order chi connectivity index (χ0) is 12.3. The Morgan fingerprint density at radius 1 is 1.35 bits per heavy atom. The molecule has 94 valence electrons. The van der Waals surface area contributed by atoms with Gasteiger partial charge in [0, 0.05) is 11.0 Å². The van der Waals surface area contributed by atoms with Crippen molar-refractivity contribution in [2.24, 2.45) is 11.8 Å². The summed E-state index contributed by atoms with van der Waals surface area (Å²) in [4.78, 5) is 4.52. The monoisotopic (exact) mass is 296 g/mol. The van der Waals surface area contributed by atoms with E-state index in [2.05, 4.69) is 39.2 Å². The Kier molecular flexibility index (Phi) is 4.43. The van der Waals surface area contributed by atoms with Gasteiger partial charge in [-0.25, -0.2) is 4.98 Å². The molecule has 0 aromatic carbocycles. The van der Waals surface area contributed by atoms with Crippen molar-refractivity contribution < 1.29 is 0 Å². The molecule has 2 rings (SSSR count). The number of aromatic nitrogens is 1. The van der Waals surface area contributed by atoms with Gasteiger partial charge in [-0.1, -0.05) is 26.2 Å². The van der Waals surface area contributed by atoms with Crippen LogP contribution in [0.3, 0.4) is 0 Å². The topological polar surface area (TPSA) is 24.9 Å². The Morgan fingerprint density at radius 3 is 2.82 bits per heavy atom. The number of halogens is 1. The molecule has 1 aromatic heterocycles. The summed E-state index contributed by atoms with van der Waals surface area (Å²) in [7, 11) is 0. The summed E-state index contributed by atoms with van der Waals surface area (Å²) in [6, 6.07) is 4.11. The molecule has 0 saturated heterocycles. The number of aryl methyl sites for hydroxylation is 1. The molecule has 1 aliphatic rings. The van der Waals surface area contributed by atoms with Gasteiger partial charge in [-0.15, -0.1) is 0 Å². The van der Waals surface area contributed by atoms with Gasteiger partial charge in [-0.3, -0.25) is 0 Å². The summed E-state index contributed by atoms with van der Waals surface area (Å²) in [6.07, 6.45) is 5.56. The highest BCUT2D eigenvalue weighted by atomic mass is 79.9. The minimum atomic E-state index is 0.814. The van der Waals surface area contributed by atoms with Crippen molar-refractivity contribution in [2.75, 3.05) is 11.9 Å². The molecule has 2 nitrogen and oxygen atoms in total. The molecule has 2 atom stereocenters. The van der Waals surface area contributed by atoms with Gasteiger partial charge in [0.25, 0.3) is 0 Å². The fourth-order valence-electron chi connectivity index (χ4n) is 2.57. The second-order valence-corrected chi connectivity index (χ2v) is 6.02. The third-order valence-electron chi connectivity index (χ3n) is 3.86. The average molecular weight is 297 g/mol. The summed E-state index contributed by atoms with van der Waals surface area (Å²) in [5, 5.41) is 3.48. The predicted octanol–water partition coefficient (Wildman–Crippen LogP) is 4.39. The van der Waals surface area contributed by atoms with E-state index in [1.54, 1.807) is 0 Å². The van der Waals surface area contributed by atoms with Gasteiger partial charge in [-0.05, 0) is 53.2 Å². The minimum absolute atomic E-state index is 0.814. The molecule has 0 radical (unpaired) electrons. The van der Waals surface area contributed by atoms with E-state index in [0.29, 0.717) is 0 Å². The molecule has 1 heterocycles. The zero-order valence-electron chi connectivity index (χ0n) is 10.7. The highest BCUT2D eigenvalue weighted by molar-refractivity contribution is 9.10. The standard InChI is InChI=1S/C14H21BrN2/c1-10-5-3-4-6-12(10)9-16-14-8-7-13(15)11(2)17-14/h7-8,10,12H,3-6,9H2,1-2H3,(H,16,17).